The molecule has 0 aliphatic heterocycles. The molecule has 160 valence electrons. The molecular weight excluding hydrogens is 410 g/mol. The highest BCUT2D eigenvalue weighted by atomic mass is 35.5. The molecule has 0 fully saturated rings. The molecule has 0 aliphatic rings. The van der Waals surface area contributed by atoms with Crippen LogP contribution in [-0.4, -0.2) is 21.7 Å². The van der Waals surface area contributed by atoms with E-state index in [1.165, 1.54) is 0 Å². The summed E-state index contributed by atoms with van der Waals surface area (Å²) in [7, 11) is 0. The number of carbonyl (C=O) groups is 2. The topological polar surface area (TPSA) is 62.3 Å². The quantitative estimate of drug-likeness (QED) is 0.554. The van der Waals surface area contributed by atoms with Crippen LogP contribution in [0.15, 0.2) is 79.1 Å². The molecule has 0 radical (unpaired) electrons. The van der Waals surface area contributed by atoms with Gasteiger partial charge in [0.2, 0.25) is 11.8 Å². The van der Waals surface area contributed by atoms with Crippen molar-refractivity contribution in [3.05, 3.63) is 101 Å². The third-order valence-corrected chi connectivity index (χ3v) is 5.19. The molecule has 0 saturated carbocycles. The Bertz CT molecular complexity index is 992. The summed E-state index contributed by atoms with van der Waals surface area (Å²) in [5, 5.41) is 3.61. The predicted molar refractivity (Wildman–Crippen MR) is 122 cm³/mol. The molecule has 0 aliphatic carbocycles. The zero-order chi connectivity index (χ0) is 22.2. The molecular formula is C25H26ClN3O2. The molecule has 0 bridgehead atoms. The maximum Gasteiger partial charge on any atom is 0.247 e. The number of nitrogens with zero attached hydrogens (tertiary/aromatic N) is 2. The minimum Gasteiger partial charge on any atom is -0.350 e. The number of nitrogens with one attached hydrogen (secondary N) is 1. The van der Waals surface area contributed by atoms with Gasteiger partial charge in [-0.3, -0.25) is 14.6 Å². The molecule has 0 spiro atoms. The van der Waals surface area contributed by atoms with Gasteiger partial charge in [-0.15, -0.1) is 0 Å². The van der Waals surface area contributed by atoms with Gasteiger partial charge in [0.05, 0.1) is 0 Å². The second-order valence-corrected chi connectivity index (χ2v) is 8.07. The Morgan fingerprint density at radius 3 is 2.19 bits per heavy atom. The van der Waals surface area contributed by atoms with Gasteiger partial charge in [-0.25, -0.2) is 0 Å². The zero-order valence-electron chi connectivity index (χ0n) is 17.7. The van der Waals surface area contributed by atoms with Crippen molar-refractivity contribution in [2.45, 2.75) is 33.0 Å². The van der Waals surface area contributed by atoms with E-state index in [0.717, 1.165) is 16.7 Å². The maximum absolute atomic E-state index is 13.4. The van der Waals surface area contributed by atoms with Crippen LogP contribution in [0.25, 0.3) is 0 Å². The third-order valence-electron chi connectivity index (χ3n) is 4.93. The van der Waals surface area contributed by atoms with E-state index in [4.69, 9.17) is 11.6 Å². The van der Waals surface area contributed by atoms with E-state index in [1.54, 1.807) is 29.4 Å². The summed E-state index contributed by atoms with van der Waals surface area (Å²) in [4.78, 5) is 32.3. The van der Waals surface area contributed by atoms with Gasteiger partial charge in [-0.2, -0.15) is 0 Å². The number of amides is 2. The number of rotatable bonds is 8. The monoisotopic (exact) mass is 435 g/mol. The van der Waals surface area contributed by atoms with Crippen LogP contribution in [0, 0.1) is 5.92 Å². The Kier molecular flexibility index (Phi) is 7.79. The summed E-state index contributed by atoms with van der Waals surface area (Å²) < 4.78 is 0. The molecule has 3 rings (SSSR count). The molecule has 1 heterocycles. The predicted octanol–water partition coefficient (Wildman–Crippen LogP) is 4.78. The molecule has 6 heteroatoms. The fourth-order valence-corrected chi connectivity index (χ4v) is 3.44. The van der Waals surface area contributed by atoms with Gasteiger partial charge >= 0.3 is 0 Å². The van der Waals surface area contributed by atoms with E-state index in [2.05, 4.69) is 10.3 Å². The van der Waals surface area contributed by atoms with Crippen molar-refractivity contribution < 1.29 is 9.59 Å². The fraction of sp³-hybridized carbons (Fsp3) is 0.240. The minimum absolute atomic E-state index is 0.0946. The number of hydrogen-bond acceptors (Lipinski definition) is 3. The highest BCUT2D eigenvalue weighted by Crippen LogP contribution is 2.26. The van der Waals surface area contributed by atoms with Crippen molar-refractivity contribution in [3.63, 3.8) is 0 Å². The maximum atomic E-state index is 13.4. The van der Waals surface area contributed by atoms with Crippen LogP contribution in [0.3, 0.4) is 0 Å². The first-order valence-electron chi connectivity index (χ1n) is 10.2. The number of carbonyl (C=O) groups excluding carboxylic acids is 2. The van der Waals surface area contributed by atoms with E-state index in [-0.39, 0.29) is 17.7 Å². The standard InChI is InChI=1S/C25H26ClN3O2/c1-18(2)25(31)29(17-20-8-10-22(26)11-9-20)23(21-6-4-3-5-7-21)24(30)28-16-19-12-14-27-15-13-19/h3-15,18,23H,16-17H2,1-2H3,(H,28,30)/t23-/m0/s1. The number of pyridine rings is 1. The van der Waals surface area contributed by atoms with Gasteiger partial charge in [0, 0.05) is 36.4 Å². The highest BCUT2D eigenvalue weighted by Gasteiger charge is 2.32. The number of hydrogen-bond donors (Lipinski definition) is 1. The van der Waals surface area contributed by atoms with Crippen molar-refractivity contribution in [3.8, 4) is 0 Å². The minimum atomic E-state index is -0.756. The van der Waals surface area contributed by atoms with Crippen LogP contribution >= 0.6 is 11.6 Å². The summed E-state index contributed by atoms with van der Waals surface area (Å²) in [6, 6.07) is 19.7. The molecule has 0 unspecified atom stereocenters. The second-order valence-electron chi connectivity index (χ2n) is 7.63. The first kappa shape index (κ1) is 22.5. The van der Waals surface area contributed by atoms with E-state index >= 15 is 0 Å². The normalized spacial score (nSPS) is 11.7. The average molecular weight is 436 g/mol. The Hall–Kier alpha value is -3.18. The molecule has 0 saturated heterocycles. The molecule has 5 nitrogen and oxygen atoms in total. The summed E-state index contributed by atoms with van der Waals surface area (Å²) in [5.74, 6) is -0.583. The van der Waals surface area contributed by atoms with Gasteiger partial charge in [0.25, 0.3) is 0 Å². The lowest BCUT2D eigenvalue weighted by molar-refractivity contribution is -0.144. The largest absolute Gasteiger partial charge is 0.350 e. The molecule has 3 aromatic rings. The van der Waals surface area contributed by atoms with Crippen LogP contribution in [0.5, 0.6) is 0 Å². The van der Waals surface area contributed by atoms with Crippen molar-refractivity contribution in [2.24, 2.45) is 5.92 Å². The third kappa shape index (κ3) is 6.15. The van der Waals surface area contributed by atoms with Crippen LogP contribution in [-0.2, 0) is 22.7 Å². The Balaban J connectivity index is 1.93. The molecule has 2 amide bonds. The fourth-order valence-electron chi connectivity index (χ4n) is 3.31. The average Bonchev–Trinajstić information content (AvgIpc) is 2.79. The first-order valence-corrected chi connectivity index (χ1v) is 10.6. The van der Waals surface area contributed by atoms with Gasteiger partial charge in [-0.1, -0.05) is 67.9 Å². The summed E-state index contributed by atoms with van der Waals surface area (Å²) in [5.41, 5.74) is 2.61. The molecule has 2 aromatic carbocycles. The van der Waals surface area contributed by atoms with Crippen molar-refractivity contribution in [1.82, 2.24) is 15.2 Å². The lowest BCUT2D eigenvalue weighted by Crippen LogP contribution is -2.44. The van der Waals surface area contributed by atoms with Crippen LogP contribution in [0.4, 0.5) is 0 Å². The number of aromatic nitrogens is 1. The molecule has 31 heavy (non-hydrogen) atoms. The second kappa shape index (κ2) is 10.7. The molecule has 1 aromatic heterocycles. The first-order chi connectivity index (χ1) is 15.0. The molecule has 1 N–H and O–H groups in total. The van der Waals surface area contributed by atoms with E-state index in [1.807, 2.05) is 68.4 Å². The lowest BCUT2D eigenvalue weighted by atomic mass is 10.0. The summed E-state index contributed by atoms with van der Waals surface area (Å²) in [6.07, 6.45) is 3.37. The van der Waals surface area contributed by atoms with Crippen LogP contribution < -0.4 is 5.32 Å². The van der Waals surface area contributed by atoms with E-state index in [0.29, 0.717) is 18.1 Å². The van der Waals surface area contributed by atoms with Gasteiger partial charge < -0.3 is 10.2 Å². The van der Waals surface area contributed by atoms with E-state index < -0.39 is 6.04 Å². The van der Waals surface area contributed by atoms with E-state index in [9.17, 15) is 9.59 Å². The van der Waals surface area contributed by atoms with Crippen molar-refractivity contribution in [2.75, 3.05) is 0 Å². The molecule has 1 atom stereocenters. The lowest BCUT2D eigenvalue weighted by Gasteiger charge is -2.33. The smallest absolute Gasteiger partial charge is 0.247 e. The van der Waals surface area contributed by atoms with Crippen LogP contribution in [0.1, 0.15) is 36.6 Å². The van der Waals surface area contributed by atoms with Gasteiger partial charge in [0.15, 0.2) is 0 Å². The number of benzene rings is 2. The number of halogens is 1. The Morgan fingerprint density at radius 1 is 0.935 bits per heavy atom. The van der Waals surface area contributed by atoms with Crippen molar-refractivity contribution in [1.29, 1.82) is 0 Å². The van der Waals surface area contributed by atoms with Gasteiger partial charge in [-0.05, 0) is 41.0 Å². The Labute approximate surface area is 188 Å². The van der Waals surface area contributed by atoms with Gasteiger partial charge in [0.1, 0.15) is 6.04 Å². The Morgan fingerprint density at radius 2 is 1.58 bits per heavy atom. The zero-order valence-corrected chi connectivity index (χ0v) is 18.4. The SMILES string of the molecule is CC(C)C(=O)N(Cc1ccc(Cl)cc1)[C@H](C(=O)NCc1ccncc1)c1ccccc1. The summed E-state index contributed by atoms with van der Waals surface area (Å²) in [6.45, 7) is 4.34. The van der Waals surface area contributed by atoms with Crippen LogP contribution in [0.2, 0.25) is 5.02 Å². The summed E-state index contributed by atoms with van der Waals surface area (Å²) >= 11 is 6.02. The van der Waals surface area contributed by atoms with Crippen molar-refractivity contribution >= 4 is 23.4 Å². The highest BCUT2D eigenvalue weighted by molar-refractivity contribution is 6.30.